The monoisotopic (exact) mass is 579 g/mol. The molecule has 11 nitrogen and oxygen atoms in total. The first-order valence-electron chi connectivity index (χ1n) is 13.6. The fraction of sp³-hybridized carbons (Fsp3) is 0.571. The van der Waals surface area contributed by atoms with Crippen LogP contribution in [0, 0.1) is 11.8 Å². The number of hydrogen-bond acceptors (Lipinski definition) is 6. The fourth-order valence-corrected chi connectivity index (χ4v) is 4.43. The summed E-state index contributed by atoms with van der Waals surface area (Å²) < 4.78 is 29.9. The highest BCUT2D eigenvalue weighted by atomic mass is 19.3. The van der Waals surface area contributed by atoms with Gasteiger partial charge in [0.15, 0.2) is 0 Å². The first-order valence-corrected chi connectivity index (χ1v) is 13.6. The summed E-state index contributed by atoms with van der Waals surface area (Å²) in [6.45, 7) is 6.24. The summed E-state index contributed by atoms with van der Waals surface area (Å²) in [5.74, 6) is -11.7. The van der Waals surface area contributed by atoms with Gasteiger partial charge in [0, 0.05) is 20.1 Å². The van der Waals surface area contributed by atoms with Gasteiger partial charge in [-0.3, -0.25) is 28.8 Å². The van der Waals surface area contributed by atoms with Crippen LogP contribution >= 0.6 is 0 Å². The lowest BCUT2D eigenvalue weighted by Gasteiger charge is -2.32. The minimum absolute atomic E-state index is 0.170. The molecule has 0 aromatic heterocycles. The van der Waals surface area contributed by atoms with E-state index in [0.717, 1.165) is 0 Å². The molecule has 1 fully saturated rings. The van der Waals surface area contributed by atoms with E-state index in [0.29, 0.717) is 12.0 Å². The Kier molecular flexibility index (Phi) is 11.9. The Labute approximate surface area is 238 Å². The molecule has 3 atom stereocenters. The van der Waals surface area contributed by atoms with Gasteiger partial charge < -0.3 is 26.2 Å². The van der Waals surface area contributed by atoms with Gasteiger partial charge in [0.1, 0.15) is 18.5 Å². The Morgan fingerprint density at radius 3 is 2.10 bits per heavy atom. The summed E-state index contributed by atoms with van der Waals surface area (Å²) >= 11 is 0. The van der Waals surface area contributed by atoms with Crippen molar-refractivity contribution in [2.75, 3.05) is 13.6 Å². The van der Waals surface area contributed by atoms with Crippen molar-refractivity contribution in [3.05, 3.63) is 35.9 Å². The van der Waals surface area contributed by atoms with E-state index in [2.05, 4.69) is 21.3 Å². The van der Waals surface area contributed by atoms with Crippen molar-refractivity contribution in [2.45, 2.75) is 77.6 Å². The molecule has 0 radical (unpaired) electrons. The molecule has 226 valence electrons. The van der Waals surface area contributed by atoms with Crippen molar-refractivity contribution >= 4 is 35.3 Å². The van der Waals surface area contributed by atoms with E-state index in [1.807, 2.05) is 0 Å². The molecule has 1 saturated heterocycles. The second-order valence-electron chi connectivity index (χ2n) is 10.7. The molecule has 1 aromatic rings. The first kappa shape index (κ1) is 33.3. The number of halogens is 2. The van der Waals surface area contributed by atoms with Gasteiger partial charge in [0.05, 0.1) is 6.04 Å². The summed E-state index contributed by atoms with van der Waals surface area (Å²) in [5, 5.41) is 9.25. The summed E-state index contributed by atoms with van der Waals surface area (Å²) in [6.07, 6.45) is 0.156. The van der Waals surface area contributed by atoms with Gasteiger partial charge in [0.25, 0.3) is 5.91 Å². The van der Waals surface area contributed by atoms with Crippen LogP contribution in [-0.4, -0.2) is 77.9 Å². The predicted octanol–water partition coefficient (Wildman–Crippen LogP) is 0.916. The van der Waals surface area contributed by atoms with Crippen LogP contribution in [-0.2, 0) is 35.3 Å². The minimum atomic E-state index is -4.42. The van der Waals surface area contributed by atoms with Crippen molar-refractivity contribution in [3.63, 3.8) is 0 Å². The van der Waals surface area contributed by atoms with Gasteiger partial charge in [0.2, 0.25) is 29.4 Å². The molecule has 13 heteroatoms. The highest BCUT2D eigenvalue weighted by molar-refractivity contribution is 6.10. The van der Waals surface area contributed by atoms with Crippen LogP contribution in [0.4, 0.5) is 8.78 Å². The molecule has 3 unspecified atom stereocenters. The van der Waals surface area contributed by atoms with Crippen molar-refractivity contribution in [2.24, 2.45) is 11.8 Å². The van der Waals surface area contributed by atoms with Crippen molar-refractivity contribution in [3.8, 4) is 0 Å². The number of rotatable bonds is 13. The van der Waals surface area contributed by atoms with Gasteiger partial charge >= 0.3 is 5.92 Å². The highest BCUT2D eigenvalue weighted by Crippen LogP contribution is 2.24. The van der Waals surface area contributed by atoms with Gasteiger partial charge in [-0.05, 0) is 30.2 Å². The molecule has 1 aromatic carbocycles. The zero-order valence-electron chi connectivity index (χ0n) is 24.0. The number of carbonyl (C=O) groups excluding carboxylic acids is 6. The molecule has 0 spiro atoms. The lowest BCUT2D eigenvalue weighted by Crippen LogP contribution is -2.60. The number of ketones is 1. The molecule has 0 aliphatic carbocycles. The molecule has 5 amide bonds. The van der Waals surface area contributed by atoms with Crippen LogP contribution in [0.2, 0.25) is 0 Å². The average Bonchev–Trinajstić information content (AvgIpc) is 3.42. The maximum Gasteiger partial charge on any atom is 0.383 e. The van der Waals surface area contributed by atoms with Gasteiger partial charge in [-0.1, -0.05) is 58.0 Å². The molecule has 4 N–H and O–H groups in total. The summed E-state index contributed by atoms with van der Waals surface area (Å²) in [6, 6.07) is 4.51. The highest BCUT2D eigenvalue weighted by Gasteiger charge is 2.51. The lowest BCUT2D eigenvalue weighted by atomic mass is 9.94. The number of carbonyl (C=O) groups is 6. The van der Waals surface area contributed by atoms with Crippen molar-refractivity contribution in [1.29, 1.82) is 0 Å². The van der Waals surface area contributed by atoms with E-state index in [1.54, 1.807) is 44.2 Å². The Morgan fingerprint density at radius 1 is 0.927 bits per heavy atom. The fourth-order valence-electron chi connectivity index (χ4n) is 4.43. The number of nitrogens with one attached hydrogen (secondary N) is 4. The molecule has 0 saturated carbocycles. The van der Waals surface area contributed by atoms with Crippen LogP contribution < -0.4 is 21.3 Å². The summed E-state index contributed by atoms with van der Waals surface area (Å²) in [7, 11) is 1.37. The second-order valence-corrected chi connectivity index (χ2v) is 10.7. The van der Waals surface area contributed by atoms with Crippen LogP contribution in [0.25, 0.3) is 0 Å². The normalized spacial score (nSPS) is 16.6. The number of nitrogens with zero attached hydrogens (tertiary/aromatic N) is 1. The first-order chi connectivity index (χ1) is 19.2. The predicted molar refractivity (Wildman–Crippen MR) is 145 cm³/mol. The molecule has 0 bridgehead atoms. The topological polar surface area (TPSA) is 154 Å². The van der Waals surface area contributed by atoms with E-state index in [9.17, 15) is 37.5 Å². The van der Waals surface area contributed by atoms with Gasteiger partial charge in [-0.15, -0.1) is 0 Å². The Balaban J connectivity index is 2.13. The van der Waals surface area contributed by atoms with E-state index in [-0.39, 0.29) is 19.5 Å². The maximum absolute atomic E-state index is 14.9. The molecule has 1 aliphatic rings. The molecule has 2 rings (SSSR count). The molecular weight excluding hydrogens is 540 g/mol. The average molecular weight is 580 g/mol. The third-order valence-corrected chi connectivity index (χ3v) is 6.83. The number of Topliss-reactive ketones (excluding diaryl/α,β-unsaturated/α-hetero) is 1. The van der Waals surface area contributed by atoms with E-state index in [4.69, 9.17) is 0 Å². The summed E-state index contributed by atoms with van der Waals surface area (Å²) in [5.41, 5.74) is 0.563. The smallest absolute Gasteiger partial charge is 0.359 e. The zero-order valence-corrected chi connectivity index (χ0v) is 24.0. The van der Waals surface area contributed by atoms with E-state index >= 15 is 0 Å². The van der Waals surface area contributed by atoms with Crippen molar-refractivity contribution < 1.29 is 37.5 Å². The Hall–Kier alpha value is -3.90. The number of hydrogen-bond donors (Lipinski definition) is 4. The Bertz CT molecular complexity index is 1130. The third kappa shape index (κ3) is 8.79. The second kappa shape index (κ2) is 14.6. The van der Waals surface area contributed by atoms with Crippen LogP contribution in [0.5, 0.6) is 0 Å². The van der Waals surface area contributed by atoms with Crippen LogP contribution in [0.1, 0.15) is 52.5 Å². The van der Waals surface area contributed by atoms with Crippen molar-refractivity contribution in [1.82, 2.24) is 26.2 Å². The molecule has 1 aliphatic heterocycles. The SMILES string of the molecule is CNC(=O)CC(=O)NC(C(=O)N1CCCC1C(=O)NC(C(=O)C(F)(F)C(=O)NCc1ccccc1)C(C)C)C(C)C. The quantitative estimate of drug-likeness (QED) is 0.255. The molecular formula is C28H39F2N5O6. The largest absolute Gasteiger partial charge is 0.383 e. The van der Waals surface area contributed by atoms with Gasteiger partial charge in [-0.2, -0.15) is 8.78 Å². The number of amides is 5. The number of likely N-dealkylation sites (tertiary alicyclic amines) is 1. The van der Waals surface area contributed by atoms with Crippen LogP contribution in [0.3, 0.4) is 0 Å². The minimum Gasteiger partial charge on any atom is -0.359 e. The van der Waals surface area contributed by atoms with E-state index < -0.39 is 77.6 Å². The third-order valence-electron chi connectivity index (χ3n) is 6.83. The zero-order chi connectivity index (χ0) is 30.9. The number of benzene rings is 1. The standard InChI is InChI=1S/C28H39F2N5O6/c1-16(2)22(24(38)28(29,30)27(41)32-15-18-10-7-6-8-11-18)34-25(39)19-12-9-13-35(19)26(40)23(17(3)4)33-21(37)14-20(36)31-5/h6-8,10-11,16-17,19,22-23H,9,12-15H2,1-5H3,(H,31,36)(H,32,41)(H,33,37)(H,34,39). The molecule has 1 heterocycles. The lowest BCUT2D eigenvalue weighted by molar-refractivity contribution is -0.161. The molecule has 41 heavy (non-hydrogen) atoms. The van der Waals surface area contributed by atoms with Gasteiger partial charge in [-0.25, -0.2) is 0 Å². The maximum atomic E-state index is 14.9. The summed E-state index contributed by atoms with van der Waals surface area (Å²) in [4.78, 5) is 76.8. The number of alkyl halides is 2. The van der Waals surface area contributed by atoms with Crippen LogP contribution in [0.15, 0.2) is 30.3 Å². The van der Waals surface area contributed by atoms with E-state index in [1.165, 1.54) is 25.8 Å². The Morgan fingerprint density at radius 2 is 1.54 bits per heavy atom.